The van der Waals surface area contributed by atoms with E-state index < -0.39 is 25.3 Å². The van der Waals surface area contributed by atoms with Gasteiger partial charge in [0.2, 0.25) is 5.16 Å². The second kappa shape index (κ2) is 5.25. The van der Waals surface area contributed by atoms with E-state index in [-0.39, 0.29) is 19.3 Å². The topological polar surface area (TPSA) is 121 Å². The van der Waals surface area contributed by atoms with Crippen LogP contribution >= 0.6 is 7.60 Å². The molecule has 1 atom stereocenters. The molecule has 0 aromatic carbocycles. The van der Waals surface area contributed by atoms with E-state index in [1.807, 2.05) is 0 Å². The van der Waals surface area contributed by atoms with Crippen LogP contribution in [-0.4, -0.2) is 39.1 Å². The molecule has 0 amide bonds. The quantitative estimate of drug-likeness (QED) is 0.421. The van der Waals surface area contributed by atoms with Gasteiger partial charge in [0.15, 0.2) is 0 Å². The molecule has 0 saturated carbocycles. The van der Waals surface area contributed by atoms with Crippen molar-refractivity contribution in [3.63, 3.8) is 0 Å². The Bertz CT molecular complexity index is 283. The molecular formula is C7H13O7P. The van der Waals surface area contributed by atoms with Crippen LogP contribution in [-0.2, 0) is 18.9 Å². The second-order valence-electron chi connectivity index (χ2n) is 3.04. The van der Waals surface area contributed by atoms with Gasteiger partial charge in [0.1, 0.15) is 6.61 Å². The molecule has 0 heterocycles. The third-order valence-corrected chi connectivity index (χ3v) is 3.67. The van der Waals surface area contributed by atoms with E-state index in [0.29, 0.717) is 0 Å². The van der Waals surface area contributed by atoms with Gasteiger partial charge in [-0.1, -0.05) is 13.3 Å². The fourth-order valence-corrected chi connectivity index (χ4v) is 2.19. The molecule has 15 heavy (non-hydrogen) atoms. The van der Waals surface area contributed by atoms with E-state index in [2.05, 4.69) is 4.74 Å². The highest BCUT2D eigenvalue weighted by molar-refractivity contribution is 7.54. The highest BCUT2D eigenvalue weighted by atomic mass is 31.2. The Kier molecular flexibility index (Phi) is 4.93. The Balaban J connectivity index is 5.17. The summed E-state index contributed by atoms with van der Waals surface area (Å²) in [5.74, 6) is -1.67. The van der Waals surface area contributed by atoms with E-state index >= 15 is 0 Å². The minimum absolute atomic E-state index is 0.0387. The average Bonchev–Trinajstić information content (AvgIpc) is 2.09. The van der Waals surface area contributed by atoms with E-state index in [0.717, 1.165) is 0 Å². The van der Waals surface area contributed by atoms with Gasteiger partial charge in [-0.3, -0.25) is 14.2 Å². The van der Waals surface area contributed by atoms with Crippen molar-refractivity contribution >= 4 is 20.0 Å². The summed E-state index contributed by atoms with van der Waals surface area (Å²) in [5, 5.41) is 6.50. The first kappa shape index (κ1) is 14.1. The maximum absolute atomic E-state index is 11.1. The van der Waals surface area contributed by atoms with Crippen molar-refractivity contribution in [2.75, 3.05) is 6.61 Å². The number of aliphatic carboxylic acids is 1. The Labute approximate surface area is 86.2 Å². The van der Waals surface area contributed by atoms with Crippen LogP contribution < -0.4 is 0 Å². The SMILES string of the molecule is CCCC(COC=O)(C(=O)O)P(=O)(O)O. The number of rotatable bonds is 7. The fraction of sp³-hybridized carbons (Fsp3) is 0.714. The van der Waals surface area contributed by atoms with Gasteiger partial charge in [-0.25, -0.2) is 0 Å². The van der Waals surface area contributed by atoms with E-state index in [1.165, 1.54) is 0 Å². The van der Waals surface area contributed by atoms with Crippen LogP contribution in [0.25, 0.3) is 0 Å². The summed E-state index contributed by atoms with van der Waals surface area (Å²) < 4.78 is 15.3. The van der Waals surface area contributed by atoms with Crippen LogP contribution in [0.5, 0.6) is 0 Å². The first-order chi connectivity index (χ1) is 6.81. The van der Waals surface area contributed by atoms with Crippen LogP contribution in [0.1, 0.15) is 19.8 Å². The molecule has 0 spiro atoms. The lowest BCUT2D eigenvalue weighted by Crippen LogP contribution is -2.43. The molecule has 7 nitrogen and oxygen atoms in total. The lowest BCUT2D eigenvalue weighted by atomic mass is 10.0. The average molecular weight is 240 g/mol. The molecule has 1 unspecified atom stereocenters. The molecule has 0 aliphatic rings. The molecular weight excluding hydrogens is 227 g/mol. The minimum Gasteiger partial charge on any atom is -0.480 e. The number of carbonyl (C=O) groups excluding carboxylic acids is 1. The highest BCUT2D eigenvalue weighted by Crippen LogP contribution is 2.53. The molecule has 0 aromatic rings. The summed E-state index contributed by atoms with van der Waals surface area (Å²) in [4.78, 5) is 38.8. The monoisotopic (exact) mass is 240 g/mol. The molecule has 0 aliphatic heterocycles. The third kappa shape index (κ3) is 3.02. The van der Waals surface area contributed by atoms with E-state index in [4.69, 9.17) is 14.9 Å². The molecule has 3 N–H and O–H groups in total. The van der Waals surface area contributed by atoms with Gasteiger partial charge in [-0.15, -0.1) is 0 Å². The normalized spacial score (nSPS) is 15.4. The number of hydrogen-bond acceptors (Lipinski definition) is 4. The molecule has 0 aliphatic carbocycles. The highest BCUT2D eigenvalue weighted by Gasteiger charge is 2.54. The lowest BCUT2D eigenvalue weighted by Gasteiger charge is -2.28. The Morgan fingerprint density at radius 3 is 2.33 bits per heavy atom. The first-order valence-electron chi connectivity index (χ1n) is 4.16. The van der Waals surface area contributed by atoms with Gasteiger partial charge in [0.25, 0.3) is 6.47 Å². The zero-order chi connectivity index (χ0) is 12.1. The minimum atomic E-state index is -4.89. The predicted octanol–water partition coefficient (Wildman–Crippen LogP) is -0.0394. The van der Waals surface area contributed by atoms with Crippen molar-refractivity contribution in [3.8, 4) is 0 Å². The van der Waals surface area contributed by atoms with Gasteiger partial charge in [-0.2, -0.15) is 0 Å². The second-order valence-corrected chi connectivity index (χ2v) is 4.98. The first-order valence-corrected chi connectivity index (χ1v) is 5.77. The van der Waals surface area contributed by atoms with Crippen LogP contribution in [0.15, 0.2) is 0 Å². The molecule has 0 bridgehead atoms. The Morgan fingerprint density at radius 2 is 2.07 bits per heavy atom. The molecule has 0 rings (SSSR count). The van der Waals surface area contributed by atoms with Gasteiger partial charge in [0.05, 0.1) is 0 Å². The molecule has 0 fully saturated rings. The summed E-state index contributed by atoms with van der Waals surface area (Å²) >= 11 is 0. The Hall–Kier alpha value is -0.910. The maximum atomic E-state index is 11.1. The smallest absolute Gasteiger partial charge is 0.346 e. The van der Waals surface area contributed by atoms with E-state index in [9.17, 15) is 14.2 Å². The number of carbonyl (C=O) groups is 2. The number of hydrogen-bond donors (Lipinski definition) is 3. The van der Waals surface area contributed by atoms with Gasteiger partial charge in [-0.05, 0) is 6.42 Å². The fourth-order valence-electron chi connectivity index (χ4n) is 1.18. The van der Waals surface area contributed by atoms with Crippen molar-refractivity contribution in [1.29, 1.82) is 0 Å². The largest absolute Gasteiger partial charge is 0.480 e. The lowest BCUT2D eigenvalue weighted by molar-refractivity contribution is -0.144. The summed E-state index contributed by atoms with van der Waals surface area (Å²) in [6.45, 7) is 0.710. The van der Waals surface area contributed by atoms with Crippen molar-refractivity contribution in [1.82, 2.24) is 0 Å². The summed E-state index contributed by atoms with van der Waals surface area (Å²) in [5.41, 5.74) is 0. The number of carboxylic acids is 1. The van der Waals surface area contributed by atoms with Crippen molar-refractivity contribution in [3.05, 3.63) is 0 Å². The third-order valence-electron chi connectivity index (χ3n) is 2.01. The van der Waals surface area contributed by atoms with Crippen LogP contribution in [0.3, 0.4) is 0 Å². The van der Waals surface area contributed by atoms with Crippen LogP contribution in [0, 0.1) is 0 Å². The summed E-state index contributed by atoms with van der Waals surface area (Å²) in [6.07, 6.45) is -0.0138. The Morgan fingerprint density at radius 1 is 1.53 bits per heavy atom. The zero-order valence-corrected chi connectivity index (χ0v) is 9.01. The van der Waals surface area contributed by atoms with Crippen molar-refractivity contribution in [2.24, 2.45) is 0 Å². The molecule has 0 saturated heterocycles. The standard InChI is InChI=1S/C7H13O7P/c1-2-3-7(6(9)10,4-14-5-8)15(11,12)13/h5H,2-4H2,1H3,(H,9,10)(H2,11,12,13). The van der Waals surface area contributed by atoms with Crippen LogP contribution in [0.2, 0.25) is 0 Å². The maximum Gasteiger partial charge on any atom is 0.346 e. The number of carboxylic acid groups (broad SMARTS) is 1. The predicted molar refractivity (Wildman–Crippen MR) is 49.3 cm³/mol. The van der Waals surface area contributed by atoms with E-state index in [1.54, 1.807) is 6.92 Å². The summed E-state index contributed by atoms with van der Waals surface area (Å²) in [6, 6.07) is 0. The van der Waals surface area contributed by atoms with Crippen molar-refractivity contribution < 1.29 is 33.8 Å². The molecule has 0 radical (unpaired) electrons. The van der Waals surface area contributed by atoms with Gasteiger partial charge in [0, 0.05) is 0 Å². The molecule has 8 heteroatoms. The van der Waals surface area contributed by atoms with Crippen molar-refractivity contribution in [2.45, 2.75) is 24.9 Å². The molecule has 88 valence electrons. The summed E-state index contributed by atoms with van der Waals surface area (Å²) in [7, 11) is -4.89. The zero-order valence-electron chi connectivity index (χ0n) is 8.12. The van der Waals surface area contributed by atoms with Gasteiger partial charge >= 0.3 is 13.6 Å². The van der Waals surface area contributed by atoms with Crippen LogP contribution in [0.4, 0.5) is 0 Å². The molecule has 0 aromatic heterocycles. The number of ether oxygens (including phenoxy) is 1. The van der Waals surface area contributed by atoms with Gasteiger partial charge < -0.3 is 19.6 Å².